The summed E-state index contributed by atoms with van der Waals surface area (Å²) < 4.78 is 5.89. The summed E-state index contributed by atoms with van der Waals surface area (Å²) in [6.45, 7) is 12.9. The van der Waals surface area contributed by atoms with E-state index in [9.17, 15) is 4.79 Å². The molecule has 132 valence electrons. The Morgan fingerprint density at radius 3 is 2.38 bits per heavy atom. The highest BCUT2D eigenvalue weighted by Gasteiger charge is 2.38. The molecular weight excluding hydrogens is 300 g/mol. The number of carbonyl (C=O) groups is 1. The van der Waals surface area contributed by atoms with Gasteiger partial charge in [0.15, 0.2) is 0 Å². The Hall–Kier alpha value is -1.55. The minimum Gasteiger partial charge on any atom is -0.487 e. The number of amides is 1. The maximum absolute atomic E-state index is 12.7. The molecule has 0 saturated carbocycles. The second-order valence-corrected chi connectivity index (χ2v) is 9.33. The van der Waals surface area contributed by atoms with Crippen molar-refractivity contribution in [2.24, 2.45) is 0 Å². The Balaban J connectivity index is 1.72. The second-order valence-electron chi connectivity index (χ2n) is 9.33. The van der Waals surface area contributed by atoms with E-state index >= 15 is 0 Å². The molecule has 1 amide bonds. The fourth-order valence-electron chi connectivity index (χ4n) is 4.44. The first-order valence-electron chi connectivity index (χ1n) is 8.87. The molecule has 1 fully saturated rings. The Labute approximate surface area is 145 Å². The van der Waals surface area contributed by atoms with E-state index in [2.05, 4.69) is 52.2 Å². The molecule has 0 unspecified atom stereocenters. The molecule has 1 aromatic carbocycles. The predicted molar refractivity (Wildman–Crippen MR) is 96.6 cm³/mol. The van der Waals surface area contributed by atoms with Crippen LogP contribution in [0.25, 0.3) is 0 Å². The molecule has 2 aliphatic rings. The second kappa shape index (κ2) is 5.48. The number of carbonyl (C=O) groups excluding carboxylic acids is 1. The van der Waals surface area contributed by atoms with E-state index in [1.807, 2.05) is 18.2 Å². The minimum atomic E-state index is -0.180. The summed E-state index contributed by atoms with van der Waals surface area (Å²) in [5.41, 5.74) is 1.72. The number of nitrogens with one attached hydrogen (secondary N) is 2. The summed E-state index contributed by atoms with van der Waals surface area (Å²) in [7, 11) is 0. The number of benzene rings is 1. The van der Waals surface area contributed by atoms with Gasteiger partial charge in [0.2, 0.25) is 0 Å². The Bertz CT molecular complexity index is 646. The first kappa shape index (κ1) is 17.3. The first-order chi connectivity index (χ1) is 10.9. The maximum Gasteiger partial charge on any atom is 0.251 e. The van der Waals surface area contributed by atoms with Crippen LogP contribution in [0, 0.1) is 0 Å². The molecule has 0 radical (unpaired) electrons. The van der Waals surface area contributed by atoms with Crippen LogP contribution >= 0.6 is 0 Å². The maximum atomic E-state index is 12.7. The quantitative estimate of drug-likeness (QED) is 0.873. The van der Waals surface area contributed by atoms with Crippen LogP contribution in [0.1, 0.15) is 70.3 Å². The monoisotopic (exact) mass is 330 g/mol. The molecule has 0 atom stereocenters. The third-order valence-corrected chi connectivity index (χ3v) is 4.85. The summed E-state index contributed by atoms with van der Waals surface area (Å²) in [5, 5.41) is 6.89. The Kier molecular flexibility index (Phi) is 3.95. The van der Waals surface area contributed by atoms with Crippen LogP contribution in [0.4, 0.5) is 0 Å². The SMILES string of the molecule is CC1(C)CC(NC(=O)c2ccc3c(c2)CC(C)(C)O3)CC(C)(C)N1. The van der Waals surface area contributed by atoms with Gasteiger partial charge in [0.1, 0.15) is 11.4 Å². The smallest absolute Gasteiger partial charge is 0.251 e. The van der Waals surface area contributed by atoms with E-state index in [0.29, 0.717) is 0 Å². The van der Waals surface area contributed by atoms with Gasteiger partial charge in [0.25, 0.3) is 5.91 Å². The largest absolute Gasteiger partial charge is 0.487 e. The molecule has 2 heterocycles. The lowest BCUT2D eigenvalue weighted by atomic mass is 9.79. The van der Waals surface area contributed by atoms with E-state index < -0.39 is 0 Å². The minimum absolute atomic E-state index is 0.0148. The number of rotatable bonds is 2. The van der Waals surface area contributed by atoms with Gasteiger partial charge in [-0.05, 0) is 78.1 Å². The molecule has 24 heavy (non-hydrogen) atoms. The van der Waals surface area contributed by atoms with Crippen molar-refractivity contribution in [1.29, 1.82) is 0 Å². The van der Waals surface area contributed by atoms with Gasteiger partial charge in [-0.3, -0.25) is 4.79 Å². The van der Waals surface area contributed by atoms with Crippen molar-refractivity contribution in [3.63, 3.8) is 0 Å². The zero-order valence-corrected chi connectivity index (χ0v) is 15.7. The number of hydrogen-bond acceptors (Lipinski definition) is 3. The van der Waals surface area contributed by atoms with Crippen molar-refractivity contribution >= 4 is 5.91 Å². The van der Waals surface area contributed by atoms with Crippen LogP contribution in [0.5, 0.6) is 5.75 Å². The number of fused-ring (bicyclic) bond motifs is 1. The predicted octanol–water partition coefficient (Wildman–Crippen LogP) is 3.44. The molecule has 3 rings (SSSR count). The van der Waals surface area contributed by atoms with Crippen LogP contribution in [0.3, 0.4) is 0 Å². The summed E-state index contributed by atoms with van der Waals surface area (Å²) in [6.07, 6.45) is 2.71. The molecule has 0 aliphatic carbocycles. The number of hydrogen-bond donors (Lipinski definition) is 2. The Morgan fingerprint density at radius 2 is 1.75 bits per heavy atom. The zero-order valence-electron chi connectivity index (χ0n) is 15.7. The Morgan fingerprint density at radius 1 is 1.12 bits per heavy atom. The van der Waals surface area contributed by atoms with Crippen LogP contribution in [0.15, 0.2) is 18.2 Å². The summed E-state index contributed by atoms with van der Waals surface area (Å²) in [6, 6.07) is 5.96. The lowest BCUT2D eigenvalue weighted by Crippen LogP contribution is -2.62. The lowest BCUT2D eigenvalue weighted by molar-refractivity contribution is 0.0873. The van der Waals surface area contributed by atoms with E-state index in [1.54, 1.807) is 0 Å². The van der Waals surface area contributed by atoms with Crippen molar-refractivity contribution in [2.75, 3.05) is 0 Å². The van der Waals surface area contributed by atoms with Crippen LogP contribution in [-0.2, 0) is 6.42 Å². The van der Waals surface area contributed by atoms with Gasteiger partial charge in [-0.1, -0.05) is 0 Å². The highest BCUT2D eigenvalue weighted by molar-refractivity contribution is 5.94. The van der Waals surface area contributed by atoms with Gasteiger partial charge in [0, 0.05) is 29.1 Å². The van der Waals surface area contributed by atoms with Crippen LogP contribution in [0.2, 0.25) is 0 Å². The fourth-order valence-corrected chi connectivity index (χ4v) is 4.44. The normalized spacial score (nSPS) is 24.1. The van der Waals surface area contributed by atoms with Crippen molar-refractivity contribution in [2.45, 2.75) is 83.5 Å². The van der Waals surface area contributed by atoms with Gasteiger partial charge < -0.3 is 15.4 Å². The number of ether oxygens (including phenoxy) is 1. The highest BCUT2D eigenvalue weighted by atomic mass is 16.5. The number of piperidine rings is 1. The van der Waals surface area contributed by atoms with Crippen LogP contribution in [-0.4, -0.2) is 28.6 Å². The molecular formula is C20H30N2O2. The molecule has 2 N–H and O–H groups in total. The average molecular weight is 330 g/mol. The van der Waals surface area contributed by atoms with Crippen LogP contribution < -0.4 is 15.4 Å². The summed E-state index contributed by atoms with van der Waals surface area (Å²) in [5.74, 6) is 0.918. The van der Waals surface area contributed by atoms with Crippen molar-refractivity contribution < 1.29 is 9.53 Å². The molecule has 1 saturated heterocycles. The highest BCUT2D eigenvalue weighted by Crippen LogP contribution is 2.35. The molecule has 0 spiro atoms. The van der Waals surface area contributed by atoms with E-state index in [-0.39, 0.29) is 28.6 Å². The van der Waals surface area contributed by atoms with Gasteiger partial charge in [-0.25, -0.2) is 0 Å². The van der Waals surface area contributed by atoms with E-state index in [0.717, 1.165) is 36.1 Å². The standard InChI is InChI=1S/C20H30N2O2/c1-18(2)11-15(12-19(3,4)22-18)21-17(23)13-7-8-16-14(9-13)10-20(5,6)24-16/h7-9,15,22H,10-12H2,1-6H3,(H,21,23). The van der Waals surface area contributed by atoms with Gasteiger partial charge in [-0.15, -0.1) is 0 Å². The van der Waals surface area contributed by atoms with Gasteiger partial charge in [0.05, 0.1) is 0 Å². The average Bonchev–Trinajstić information content (AvgIpc) is 2.67. The lowest BCUT2D eigenvalue weighted by Gasteiger charge is -2.46. The topological polar surface area (TPSA) is 50.4 Å². The first-order valence-corrected chi connectivity index (χ1v) is 8.87. The molecule has 4 heteroatoms. The third-order valence-electron chi connectivity index (χ3n) is 4.85. The summed E-state index contributed by atoms with van der Waals surface area (Å²) >= 11 is 0. The molecule has 0 aromatic heterocycles. The van der Waals surface area contributed by atoms with Gasteiger partial charge >= 0.3 is 0 Å². The summed E-state index contributed by atoms with van der Waals surface area (Å²) in [4.78, 5) is 12.7. The third kappa shape index (κ3) is 3.75. The fraction of sp³-hybridized carbons (Fsp3) is 0.650. The molecule has 4 nitrogen and oxygen atoms in total. The van der Waals surface area contributed by atoms with Crippen molar-refractivity contribution in [3.8, 4) is 5.75 Å². The molecule has 1 aromatic rings. The van der Waals surface area contributed by atoms with Crippen molar-refractivity contribution in [3.05, 3.63) is 29.3 Å². The zero-order chi connectivity index (χ0) is 17.8. The van der Waals surface area contributed by atoms with Gasteiger partial charge in [-0.2, -0.15) is 0 Å². The molecule has 0 bridgehead atoms. The van der Waals surface area contributed by atoms with E-state index in [1.165, 1.54) is 0 Å². The van der Waals surface area contributed by atoms with Crippen molar-refractivity contribution in [1.82, 2.24) is 10.6 Å². The molecule has 2 aliphatic heterocycles. The van der Waals surface area contributed by atoms with E-state index in [4.69, 9.17) is 4.74 Å².